The third-order valence-electron chi connectivity index (χ3n) is 2.81. The van der Waals surface area contributed by atoms with Crippen molar-refractivity contribution in [1.29, 1.82) is 0 Å². The molecule has 2 aliphatic rings. The molecule has 0 bridgehead atoms. The van der Waals surface area contributed by atoms with Gasteiger partial charge in [-0.05, 0) is 12.8 Å². The largest absolute Gasteiger partial charge is 0.368 e. The summed E-state index contributed by atoms with van der Waals surface area (Å²) >= 11 is 0. The van der Waals surface area contributed by atoms with Crippen LogP contribution < -0.4 is 11.1 Å². The highest BCUT2D eigenvalue weighted by molar-refractivity contribution is 5.80. The Hall–Kier alpha value is -0.640. The van der Waals surface area contributed by atoms with Crippen molar-refractivity contribution >= 4 is 5.91 Å². The number of nitrogens with one attached hydrogen (secondary N) is 1. The van der Waals surface area contributed by atoms with Crippen molar-refractivity contribution in [2.24, 2.45) is 11.1 Å². The van der Waals surface area contributed by atoms with Gasteiger partial charge in [-0.15, -0.1) is 0 Å². The van der Waals surface area contributed by atoms with Crippen molar-refractivity contribution in [3.05, 3.63) is 0 Å². The number of carbonyl (C=O) groups is 1. The summed E-state index contributed by atoms with van der Waals surface area (Å²) in [6.07, 6.45) is 1.46. The van der Waals surface area contributed by atoms with Crippen LogP contribution in [0.5, 0.6) is 0 Å². The lowest BCUT2D eigenvalue weighted by Gasteiger charge is -2.09. The first kappa shape index (κ1) is 7.03. The molecule has 1 aliphatic heterocycles. The number of hydrogen-bond acceptors (Lipinski definition) is 2. The zero-order chi connectivity index (χ0) is 8.06. The predicted molar refractivity (Wildman–Crippen MR) is 37.5 cm³/mol. The lowest BCUT2D eigenvalue weighted by Crippen LogP contribution is -2.38. The lowest BCUT2D eigenvalue weighted by molar-refractivity contribution is -0.120. The number of hydrogen-bond donors (Lipinski definition) is 2. The van der Waals surface area contributed by atoms with Gasteiger partial charge in [-0.25, -0.2) is 0 Å². The highest BCUT2D eigenvalue weighted by Crippen LogP contribution is 2.54. The molecule has 1 aliphatic carbocycles. The average molecular weight is 158 g/mol. The Morgan fingerprint density at radius 2 is 2.45 bits per heavy atom. The number of nitrogens with two attached hydrogens (primary N) is 1. The van der Waals surface area contributed by atoms with Crippen LogP contribution in [0.2, 0.25) is 0 Å². The maximum atomic E-state index is 12.4. The number of fused-ring (bicyclic) bond motifs is 1. The van der Waals surface area contributed by atoms with Crippen LogP contribution in [0.3, 0.4) is 0 Å². The summed E-state index contributed by atoms with van der Waals surface area (Å²) in [6, 6.07) is -0.0745. The fraction of sp³-hybridized carbons (Fsp3) is 0.857. The van der Waals surface area contributed by atoms with Crippen LogP contribution in [0.15, 0.2) is 0 Å². The SMILES string of the molecule is NC(=O)C1CC2(CF)CC2N1. The highest BCUT2D eigenvalue weighted by atomic mass is 19.1. The molecule has 2 rings (SSSR count). The molecule has 0 radical (unpaired) electrons. The molecular formula is C7H11FN2O. The quantitative estimate of drug-likeness (QED) is 0.572. The molecule has 3 N–H and O–H groups in total. The maximum Gasteiger partial charge on any atom is 0.234 e. The van der Waals surface area contributed by atoms with Crippen molar-refractivity contribution in [3.8, 4) is 0 Å². The van der Waals surface area contributed by atoms with Crippen LogP contribution in [-0.2, 0) is 4.79 Å². The standard InChI is InChI=1S/C7H11FN2O/c8-3-7-1-4(6(9)11)10-5(7)2-7/h4-5,10H,1-3H2,(H2,9,11). The molecule has 0 aromatic carbocycles. The van der Waals surface area contributed by atoms with Gasteiger partial charge in [0, 0.05) is 11.5 Å². The molecular weight excluding hydrogens is 147 g/mol. The minimum absolute atomic E-state index is 0.213. The van der Waals surface area contributed by atoms with Gasteiger partial charge in [0.2, 0.25) is 5.91 Å². The number of piperidine rings is 1. The Balaban J connectivity index is 2.02. The second-order valence-electron chi connectivity index (χ2n) is 3.58. The van der Waals surface area contributed by atoms with Crippen LogP contribution in [-0.4, -0.2) is 24.7 Å². The van der Waals surface area contributed by atoms with E-state index < -0.39 is 0 Å². The van der Waals surface area contributed by atoms with Crippen LogP contribution in [0.4, 0.5) is 4.39 Å². The Morgan fingerprint density at radius 3 is 2.82 bits per heavy atom. The van der Waals surface area contributed by atoms with Gasteiger partial charge in [-0.3, -0.25) is 9.18 Å². The van der Waals surface area contributed by atoms with E-state index >= 15 is 0 Å². The molecule has 4 heteroatoms. The van der Waals surface area contributed by atoms with E-state index in [2.05, 4.69) is 5.32 Å². The smallest absolute Gasteiger partial charge is 0.234 e. The Labute approximate surface area is 64.1 Å². The minimum atomic E-state index is -0.356. The molecule has 11 heavy (non-hydrogen) atoms. The van der Waals surface area contributed by atoms with E-state index in [1.165, 1.54) is 0 Å². The first-order valence-corrected chi connectivity index (χ1v) is 3.79. The van der Waals surface area contributed by atoms with Crippen LogP contribution in [0, 0.1) is 5.41 Å². The van der Waals surface area contributed by atoms with Crippen molar-refractivity contribution in [3.63, 3.8) is 0 Å². The molecule has 3 unspecified atom stereocenters. The first-order chi connectivity index (χ1) is 5.18. The van der Waals surface area contributed by atoms with E-state index in [1.807, 2.05) is 0 Å². The zero-order valence-electron chi connectivity index (χ0n) is 6.14. The van der Waals surface area contributed by atoms with Crippen LogP contribution in [0.25, 0.3) is 0 Å². The average Bonchev–Trinajstić information content (AvgIpc) is 2.55. The molecule has 2 fully saturated rings. The second-order valence-corrected chi connectivity index (χ2v) is 3.58. The molecule has 1 saturated heterocycles. The molecule has 0 aromatic heterocycles. The monoisotopic (exact) mass is 158 g/mol. The van der Waals surface area contributed by atoms with E-state index in [0.29, 0.717) is 6.42 Å². The fourth-order valence-corrected chi connectivity index (χ4v) is 1.90. The van der Waals surface area contributed by atoms with E-state index in [1.54, 1.807) is 0 Å². The predicted octanol–water partition coefficient (Wildman–Crippen LogP) is -0.438. The van der Waals surface area contributed by atoms with Gasteiger partial charge in [0.05, 0.1) is 12.7 Å². The number of alkyl halides is 1. The molecule has 0 aromatic rings. The van der Waals surface area contributed by atoms with Crippen LogP contribution in [0.1, 0.15) is 12.8 Å². The van der Waals surface area contributed by atoms with Crippen molar-refractivity contribution < 1.29 is 9.18 Å². The second kappa shape index (κ2) is 1.94. The summed E-state index contributed by atoms with van der Waals surface area (Å²) in [5.74, 6) is -0.356. The summed E-state index contributed by atoms with van der Waals surface area (Å²) in [5.41, 5.74) is 4.85. The topological polar surface area (TPSA) is 55.1 Å². The summed E-state index contributed by atoms with van der Waals surface area (Å²) in [4.78, 5) is 10.7. The minimum Gasteiger partial charge on any atom is -0.368 e. The maximum absolute atomic E-state index is 12.4. The van der Waals surface area contributed by atoms with Crippen LogP contribution >= 0.6 is 0 Å². The molecule has 1 saturated carbocycles. The van der Waals surface area contributed by atoms with Crippen molar-refractivity contribution in [1.82, 2.24) is 5.32 Å². The molecule has 3 nitrogen and oxygen atoms in total. The number of halogens is 1. The Morgan fingerprint density at radius 1 is 1.73 bits per heavy atom. The van der Waals surface area contributed by atoms with Gasteiger partial charge in [0.1, 0.15) is 0 Å². The molecule has 3 atom stereocenters. The van der Waals surface area contributed by atoms with Crippen molar-refractivity contribution in [2.45, 2.75) is 24.9 Å². The van der Waals surface area contributed by atoms with Gasteiger partial charge in [-0.1, -0.05) is 0 Å². The van der Waals surface area contributed by atoms with E-state index in [-0.39, 0.29) is 30.1 Å². The molecule has 1 heterocycles. The number of rotatable bonds is 2. The Bertz CT molecular complexity index is 205. The normalized spacial score (nSPS) is 47.0. The third-order valence-corrected chi connectivity index (χ3v) is 2.81. The van der Waals surface area contributed by atoms with Gasteiger partial charge < -0.3 is 11.1 Å². The zero-order valence-corrected chi connectivity index (χ0v) is 6.14. The van der Waals surface area contributed by atoms with E-state index in [4.69, 9.17) is 5.73 Å². The summed E-state index contributed by atoms with van der Waals surface area (Å²) in [5, 5.41) is 3.00. The summed E-state index contributed by atoms with van der Waals surface area (Å²) in [7, 11) is 0. The van der Waals surface area contributed by atoms with Gasteiger partial charge in [0.15, 0.2) is 0 Å². The van der Waals surface area contributed by atoms with Gasteiger partial charge in [-0.2, -0.15) is 0 Å². The summed E-state index contributed by atoms with van der Waals surface area (Å²) < 4.78 is 12.4. The Kier molecular flexibility index (Phi) is 1.24. The highest BCUT2D eigenvalue weighted by Gasteiger charge is 2.61. The lowest BCUT2D eigenvalue weighted by atomic mass is 10.0. The van der Waals surface area contributed by atoms with E-state index in [9.17, 15) is 9.18 Å². The van der Waals surface area contributed by atoms with Gasteiger partial charge in [0.25, 0.3) is 0 Å². The third kappa shape index (κ3) is 0.854. The molecule has 62 valence electrons. The fourth-order valence-electron chi connectivity index (χ4n) is 1.90. The molecule has 1 amide bonds. The van der Waals surface area contributed by atoms with Crippen molar-refractivity contribution in [2.75, 3.05) is 6.67 Å². The summed E-state index contributed by atoms with van der Waals surface area (Å²) in [6.45, 7) is -0.325. The first-order valence-electron chi connectivity index (χ1n) is 3.79. The number of carbonyl (C=O) groups excluding carboxylic acids is 1. The number of amides is 1. The number of primary amides is 1. The van der Waals surface area contributed by atoms with Gasteiger partial charge >= 0.3 is 0 Å². The molecule has 0 spiro atoms. The van der Waals surface area contributed by atoms with E-state index in [0.717, 1.165) is 6.42 Å².